The van der Waals surface area contributed by atoms with E-state index in [1.54, 1.807) is 0 Å². The molecule has 0 saturated carbocycles. The Labute approximate surface area is 109 Å². The van der Waals surface area contributed by atoms with Gasteiger partial charge in [-0.15, -0.1) is 12.4 Å². The monoisotopic (exact) mass is 252 g/mol. The summed E-state index contributed by atoms with van der Waals surface area (Å²) >= 11 is 0. The van der Waals surface area contributed by atoms with Crippen LogP contribution in [0.4, 0.5) is 0 Å². The lowest BCUT2D eigenvalue weighted by Gasteiger charge is -2.13. The summed E-state index contributed by atoms with van der Waals surface area (Å²) in [6, 6.07) is 8.59. The van der Waals surface area contributed by atoms with Gasteiger partial charge in [0.2, 0.25) is 0 Å². The highest BCUT2D eigenvalue weighted by Crippen LogP contribution is 2.27. The molecule has 0 unspecified atom stereocenters. The van der Waals surface area contributed by atoms with Gasteiger partial charge in [0.1, 0.15) is 0 Å². The molecule has 0 aliphatic rings. The maximum absolute atomic E-state index is 6.26. The van der Waals surface area contributed by atoms with E-state index in [4.69, 9.17) is 5.73 Å². The average molecular weight is 253 g/mol. The van der Waals surface area contributed by atoms with Gasteiger partial charge >= 0.3 is 0 Å². The molecule has 94 valence electrons. The minimum absolute atomic E-state index is 0. The largest absolute Gasteiger partial charge is 0.350 e. The highest BCUT2D eigenvalue weighted by atomic mass is 35.5. The van der Waals surface area contributed by atoms with Gasteiger partial charge in [0.25, 0.3) is 0 Å². The van der Waals surface area contributed by atoms with Crippen molar-refractivity contribution in [2.24, 2.45) is 18.7 Å². The standard InChI is InChI=1S/C14H20N2.ClH/c1-10(2)8-13(15)12-9-16(3)14-7-5-4-6-11(12)14;/h4-7,9-10,13H,8,15H2,1-3H3;1H/t13-;/m0./s1. The first-order valence-corrected chi connectivity index (χ1v) is 5.89. The van der Waals surface area contributed by atoms with E-state index >= 15 is 0 Å². The Morgan fingerprint density at radius 3 is 2.53 bits per heavy atom. The summed E-state index contributed by atoms with van der Waals surface area (Å²) in [6.45, 7) is 4.43. The van der Waals surface area contributed by atoms with E-state index in [2.05, 4.69) is 55.9 Å². The summed E-state index contributed by atoms with van der Waals surface area (Å²) in [5.74, 6) is 0.633. The average Bonchev–Trinajstić information content (AvgIpc) is 2.56. The van der Waals surface area contributed by atoms with E-state index in [-0.39, 0.29) is 18.4 Å². The molecule has 0 saturated heterocycles. The molecule has 1 atom stereocenters. The third kappa shape index (κ3) is 2.82. The number of rotatable bonds is 3. The van der Waals surface area contributed by atoms with Gasteiger partial charge in [0, 0.05) is 30.2 Å². The predicted molar refractivity (Wildman–Crippen MR) is 76.6 cm³/mol. The molecule has 2 N–H and O–H groups in total. The molecule has 2 aromatic rings. The van der Waals surface area contributed by atoms with Gasteiger partial charge < -0.3 is 10.3 Å². The quantitative estimate of drug-likeness (QED) is 0.888. The van der Waals surface area contributed by atoms with Crippen molar-refractivity contribution in [1.82, 2.24) is 4.57 Å². The van der Waals surface area contributed by atoms with Crippen LogP contribution < -0.4 is 5.73 Å². The molecule has 3 heteroatoms. The van der Waals surface area contributed by atoms with Crippen LogP contribution in [-0.4, -0.2) is 4.57 Å². The lowest BCUT2D eigenvalue weighted by atomic mass is 9.97. The van der Waals surface area contributed by atoms with Gasteiger partial charge in [-0.3, -0.25) is 0 Å². The van der Waals surface area contributed by atoms with Crippen LogP contribution in [0.15, 0.2) is 30.5 Å². The van der Waals surface area contributed by atoms with Crippen molar-refractivity contribution in [2.45, 2.75) is 26.3 Å². The Morgan fingerprint density at radius 1 is 1.24 bits per heavy atom. The number of fused-ring (bicyclic) bond motifs is 1. The summed E-state index contributed by atoms with van der Waals surface area (Å²) in [6.07, 6.45) is 3.20. The molecule has 0 aliphatic heterocycles. The first-order valence-electron chi connectivity index (χ1n) is 5.89. The lowest BCUT2D eigenvalue weighted by Crippen LogP contribution is -2.12. The number of aryl methyl sites for hydroxylation is 1. The highest BCUT2D eigenvalue weighted by molar-refractivity contribution is 5.85. The highest BCUT2D eigenvalue weighted by Gasteiger charge is 2.14. The number of benzene rings is 1. The number of hydrogen-bond donors (Lipinski definition) is 1. The van der Waals surface area contributed by atoms with E-state index < -0.39 is 0 Å². The van der Waals surface area contributed by atoms with Gasteiger partial charge in [-0.25, -0.2) is 0 Å². The lowest BCUT2D eigenvalue weighted by molar-refractivity contribution is 0.511. The first kappa shape index (κ1) is 14.1. The van der Waals surface area contributed by atoms with E-state index in [1.165, 1.54) is 16.5 Å². The summed E-state index contributed by atoms with van der Waals surface area (Å²) in [5, 5.41) is 1.29. The molecule has 1 heterocycles. The third-order valence-corrected chi connectivity index (χ3v) is 3.05. The maximum atomic E-state index is 6.26. The first-order chi connectivity index (χ1) is 7.59. The van der Waals surface area contributed by atoms with E-state index in [9.17, 15) is 0 Å². The van der Waals surface area contributed by atoms with E-state index in [1.807, 2.05) is 0 Å². The van der Waals surface area contributed by atoms with Crippen LogP contribution in [0.25, 0.3) is 10.9 Å². The summed E-state index contributed by atoms with van der Waals surface area (Å²) in [7, 11) is 2.08. The summed E-state index contributed by atoms with van der Waals surface area (Å²) in [5.41, 5.74) is 8.79. The van der Waals surface area contributed by atoms with Crippen LogP contribution in [-0.2, 0) is 7.05 Å². The second-order valence-electron chi connectivity index (χ2n) is 4.95. The second-order valence-corrected chi connectivity index (χ2v) is 4.95. The zero-order valence-corrected chi connectivity index (χ0v) is 11.5. The van der Waals surface area contributed by atoms with Crippen molar-refractivity contribution in [3.63, 3.8) is 0 Å². The zero-order chi connectivity index (χ0) is 11.7. The number of aromatic nitrogens is 1. The Hall–Kier alpha value is -0.990. The minimum atomic E-state index is 0. The fraction of sp³-hybridized carbons (Fsp3) is 0.429. The van der Waals surface area contributed by atoms with Gasteiger partial charge in [-0.05, 0) is 24.0 Å². The van der Waals surface area contributed by atoms with Crippen LogP contribution in [0.5, 0.6) is 0 Å². The van der Waals surface area contributed by atoms with Crippen molar-refractivity contribution in [1.29, 1.82) is 0 Å². The topological polar surface area (TPSA) is 30.9 Å². The van der Waals surface area contributed by atoms with E-state index in [0.717, 1.165) is 6.42 Å². The van der Waals surface area contributed by atoms with Crippen LogP contribution in [0.1, 0.15) is 31.9 Å². The molecule has 0 aliphatic carbocycles. The predicted octanol–water partition coefficient (Wildman–Crippen LogP) is 3.65. The molecule has 0 radical (unpaired) electrons. The third-order valence-electron chi connectivity index (χ3n) is 3.05. The van der Waals surface area contributed by atoms with Gasteiger partial charge in [-0.1, -0.05) is 32.0 Å². The molecule has 0 bridgehead atoms. The van der Waals surface area contributed by atoms with Crippen LogP contribution in [0, 0.1) is 5.92 Å². The fourth-order valence-corrected chi connectivity index (χ4v) is 2.30. The van der Waals surface area contributed by atoms with Crippen molar-refractivity contribution < 1.29 is 0 Å². The van der Waals surface area contributed by atoms with Crippen LogP contribution in [0.2, 0.25) is 0 Å². The molecule has 0 fully saturated rings. The van der Waals surface area contributed by atoms with Gasteiger partial charge in [-0.2, -0.15) is 0 Å². The second kappa shape index (κ2) is 5.56. The molecule has 2 nitrogen and oxygen atoms in total. The summed E-state index contributed by atoms with van der Waals surface area (Å²) < 4.78 is 2.16. The van der Waals surface area contributed by atoms with Crippen molar-refractivity contribution in [3.8, 4) is 0 Å². The van der Waals surface area contributed by atoms with Gasteiger partial charge in [0.05, 0.1) is 0 Å². The summed E-state index contributed by atoms with van der Waals surface area (Å²) in [4.78, 5) is 0. The normalized spacial score (nSPS) is 12.8. The molecule has 17 heavy (non-hydrogen) atoms. The van der Waals surface area contributed by atoms with Crippen LogP contribution in [0.3, 0.4) is 0 Å². The molecular formula is C14H21ClN2. The Balaban J connectivity index is 0.00000144. The Bertz CT molecular complexity index is 488. The SMILES string of the molecule is CC(C)C[C@H](N)c1cn(C)c2ccccc12.Cl. The van der Waals surface area contributed by atoms with Gasteiger partial charge in [0.15, 0.2) is 0 Å². The Morgan fingerprint density at radius 2 is 1.88 bits per heavy atom. The molecular weight excluding hydrogens is 232 g/mol. The Kier molecular flexibility index (Phi) is 4.61. The number of halogens is 1. The van der Waals surface area contributed by atoms with Crippen LogP contribution >= 0.6 is 12.4 Å². The van der Waals surface area contributed by atoms with Crippen molar-refractivity contribution in [2.75, 3.05) is 0 Å². The number of nitrogens with two attached hydrogens (primary N) is 1. The minimum Gasteiger partial charge on any atom is -0.350 e. The number of para-hydroxylation sites is 1. The number of hydrogen-bond acceptors (Lipinski definition) is 1. The molecule has 0 amide bonds. The van der Waals surface area contributed by atoms with E-state index in [0.29, 0.717) is 5.92 Å². The molecule has 2 rings (SSSR count). The van der Waals surface area contributed by atoms with Crippen molar-refractivity contribution >= 4 is 23.3 Å². The zero-order valence-electron chi connectivity index (χ0n) is 10.7. The number of nitrogens with zero attached hydrogens (tertiary/aromatic N) is 1. The smallest absolute Gasteiger partial charge is 0.0481 e. The maximum Gasteiger partial charge on any atom is 0.0481 e. The molecule has 0 spiro atoms. The molecule has 1 aromatic carbocycles. The van der Waals surface area contributed by atoms with Crippen molar-refractivity contribution in [3.05, 3.63) is 36.0 Å². The molecule has 1 aromatic heterocycles. The fourth-order valence-electron chi connectivity index (χ4n) is 2.30.